The fourth-order valence-corrected chi connectivity index (χ4v) is 2.47. The third-order valence-corrected chi connectivity index (χ3v) is 5.56. The molecule has 0 aliphatic heterocycles. The van der Waals surface area contributed by atoms with Crippen molar-refractivity contribution in [1.82, 2.24) is 4.72 Å². The van der Waals surface area contributed by atoms with Gasteiger partial charge in [0.05, 0.1) is 4.99 Å². The molecule has 3 atom stereocenters. The van der Waals surface area contributed by atoms with Crippen LogP contribution in [0.25, 0.3) is 0 Å². The monoisotopic (exact) mass is 272 g/mol. The molecule has 0 fully saturated rings. The van der Waals surface area contributed by atoms with Crippen LogP contribution < -0.4 is 10.5 Å². The van der Waals surface area contributed by atoms with Crippen LogP contribution in [0.5, 0.6) is 0 Å². The van der Waals surface area contributed by atoms with E-state index in [0.717, 1.165) is 0 Å². The molecule has 90 valence electrons. The standard InChI is InChI=1S/C7H16N2O3S3/c1-5(14(3)10)4-9-15(11,12)6(2)7(8)13/h5-6,9H,4H2,1-3H3,(H2,8,13). The molecule has 5 nitrogen and oxygen atoms in total. The molecule has 0 aromatic rings. The van der Waals surface area contributed by atoms with Gasteiger partial charge in [0.15, 0.2) is 0 Å². The minimum atomic E-state index is -3.54. The second-order valence-electron chi connectivity index (χ2n) is 3.25. The summed E-state index contributed by atoms with van der Waals surface area (Å²) in [5.74, 6) is 0. The number of thiocarbonyl (C=S) groups is 1. The maximum atomic E-state index is 11.5. The van der Waals surface area contributed by atoms with Gasteiger partial charge in [-0.1, -0.05) is 12.2 Å². The predicted octanol–water partition coefficient (Wildman–Crippen LogP) is -0.653. The molecule has 3 N–H and O–H groups in total. The van der Waals surface area contributed by atoms with Gasteiger partial charge < -0.3 is 5.73 Å². The fraction of sp³-hybridized carbons (Fsp3) is 0.857. The molecule has 0 spiro atoms. The summed E-state index contributed by atoms with van der Waals surface area (Å²) < 4.78 is 36.4. The zero-order valence-corrected chi connectivity index (χ0v) is 11.3. The Hall–Kier alpha value is -0.0500. The van der Waals surface area contributed by atoms with E-state index in [9.17, 15) is 12.6 Å². The van der Waals surface area contributed by atoms with E-state index in [-0.39, 0.29) is 16.8 Å². The summed E-state index contributed by atoms with van der Waals surface area (Å²) in [6.07, 6.45) is 1.52. The van der Waals surface area contributed by atoms with E-state index < -0.39 is 26.1 Å². The van der Waals surface area contributed by atoms with Crippen LogP contribution in [0.2, 0.25) is 0 Å². The van der Waals surface area contributed by atoms with Crippen LogP contribution in [0.1, 0.15) is 13.8 Å². The van der Waals surface area contributed by atoms with Gasteiger partial charge in [0.1, 0.15) is 5.25 Å². The van der Waals surface area contributed by atoms with Gasteiger partial charge in [-0.2, -0.15) is 0 Å². The smallest absolute Gasteiger partial charge is 0.220 e. The molecule has 0 aromatic carbocycles. The van der Waals surface area contributed by atoms with E-state index in [1.54, 1.807) is 6.92 Å². The van der Waals surface area contributed by atoms with Gasteiger partial charge in [-0.25, -0.2) is 13.1 Å². The average molecular weight is 272 g/mol. The van der Waals surface area contributed by atoms with Crippen molar-refractivity contribution in [1.29, 1.82) is 0 Å². The molecule has 8 heteroatoms. The van der Waals surface area contributed by atoms with Crippen molar-refractivity contribution >= 4 is 38.0 Å². The second-order valence-corrected chi connectivity index (χ2v) is 7.61. The Morgan fingerprint density at radius 2 is 2.00 bits per heavy atom. The second kappa shape index (κ2) is 5.88. The molecule has 0 saturated heterocycles. The fourth-order valence-electron chi connectivity index (χ4n) is 0.629. The zero-order valence-electron chi connectivity index (χ0n) is 8.89. The van der Waals surface area contributed by atoms with Crippen molar-refractivity contribution < 1.29 is 12.6 Å². The van der Waals surface area contributed by atoms with E-state index >= 15 is 0 Å². The van der Waals surface area contributed by atoms with Crippen molar-refractivity contribution in [2.24, 2.45) is 5.73 Å². The van der Waals surface area contributed by atoms with Gasteiger partial charge in [-0.3, -0.25) is 4.21 Å². The minimum Gasteiger partial charge on any atom is -0.392 e. The molecule has 0 aromatic heterocycles. The zero-order chi connectivity index (χ0) is 12.2. The summed E-state index contributed by atoms with van der Waals surface area (Å²) in [5, 5.41) is -1.15. The lowest BCUT2D eigenvalue weighted by Gasteiger charge is -2.14. The number of sulfonamides is 1. The molecular weight excluding hydrogens is 256 g/mol. The van der Waals surface area contributed by atoms with Crippen molar-refractivity contribution in [3.8, 4) is 0 Å². The van der Waals surface area contributed by atoms with E-state index in [4.69, 9.17) is 5.73 Å². The Labute approximate surface area is 98.3 Å². The molecule has 3 unspecified atom stereocenters. The van der Waals surface area contributed by atoms with Crippen molar-refractivity contribution in [2.45, 2.75) is 24.3 Å². The van der Waals surface area contributed by atoms with E-state index in [0.29, 0.717) is 0 Å². The average Bonchev–Trinajstić information content (AvgIpc) is 2.12. The summed E-state index contributed by atoms with van der Waals surface area (Å²) in [7, 11) is -4.60. The minimum absolute atomic E-state index is 0.0761. The summed E-state index contributed by atoms with van der Waals surface area (Å²) in [6.45, 7) is 3.24. The maximum absolute atomic E-state index is 11.5. The lowest BCUT2D eigenvalue weighted by atomic mass is 10.5. The van der Waals surface area contributed by atoms with Gasteiger partial charge in [-0.05, 0) is 13.8 Å². The summed E-state index contributed by atoms with van der Waals surface area (Å²) in [6, 6.07) is 0. The van der Waals surface area contributed by atoms with Gasteiger partial charge >= 0.3 is 0 Å². The molecule has 0 bridgehead atoms. The van der Waals surface area contributed by atoms with Crippen LogP contribution in [0.3, 0.4) is 0 Å². The molecule has 0 saturated carbocycles. The first-order chi connectivity index (χ1) is 6.68. The van der Waals surface area contributed by atoms with E-state index in [2.05, 4.69) is 16.9 Å². The number of hydrogen-bond acceptors (Lipinski definition) is 4. The highest BCUT2D eigenvalue weighted by atomic mass is 32.2. The molecule has 0 heterocycles. The quantitative estimate of drug-likeness (QED) is 0.627. The first-order valence-electron chi connectivity index (χ1n) is 4.28. The largest absolute Gasteiger partial charge is 0.392 e. The normalized spacial score (nSPS) is 18.1. The maximum Gasteiger partial charge on any atom is 0.220 e. The van der Waals surface area contributed by atoms with Gasteiger partial charge in [-0.15, -0.1) is 0 Å². The van der Waals surface area contributed by atoms with Crippen molar-refractivity contribution in [3.05, 3.63) is 0 Å². The highest BCUT2D eigenvalue weighted by molar-refractivity contribution is 7.93. The van der Waals surface area contributed by atoms with Crippen LogP contribution in [0.15, 0.2) is 0 Å². The first-order valence-corrected chi connectivity index (χ1v) is 7.86. The first kappa shape index (κ1) is 14.9. The third-order valence-electron chi connectivity index (χ3n) is 2.00. The molecule has 0 amide bonds. The summed E-state index contributed by atoms with van der Waals surface area (Å²) >= 11 is 4.60. The molecule has 0 aliphatic rings. The Balaban J connectivity index is 4.41. The van der Waals surface area contributed by atoms with Crippen LogP contribution >= 0.6 is 12.2 Å². The molecule has 0 rings (SSSR count). The van der Waals surface area contributed by atoms with Gasteiger partial charge in [0.25, 0.3) is 0 Å². The van der Waals surface area contributed by atoms with Gasteiger partial charge in [0, 0.05) is 28.9 Å². The number of hydrogen-bond donors (Lipinski definition) is 2. The van der Waals surface area contributed by atoms with Crippen LogP contribution in [-0.2, 0) is 20.8 Å². The Bertz CT molecular complexity index is 352. The number of nitrogens with one attached hydrogen (secondary N) is 1. The molecule has 15 heavy (non-hydrogen) atoms. The third kappa shape index (κ3) is 5.01. The molecule has 0 radical (unpaired) electrons. The topological polar surface area (TPSA) is 89.3 Å². The SMILES string of the molecule is CC(CNS(=O)(=O)C(C)C(N)=S)S(C)=O. The van der Waals surface area contributed by atoms with Crippen LogP contribution in [0.4, 0.5) is 0 Å². The Morgan fingerprint density at radius 3 is 2.33 bits per heavy atom. The lowest BCUT2D eigenvalue weighted by molar-refractivity contribution is 0.577. The van der Waals surface area contributed by atoms with Crippen LogP contribution in [-0.4, -0.2) is 40.9 Å². The lowest BCUT2D eigenvalue weighted by Crippen LogP contribution is -2.42. The molecular formula is C7H16N2O3S3. The number of rotatable bonds is 6. The summed E-state index contributed by atoms with van der Waals surface area (Å²) in [4.78, 5) is -0.0761. The predicted molar refractivity (Wildman–Crippen MR) is 66.7 cm³/mol. The van der Waals surface area contributed by atoms with Crippen molar-refractivity contribution in [2.75, 3.05) is 12.8 Å². The Morgan fingerprint density at radius 1 is 1.53 bits per heavy atom. The number of nitrogens with two attached hydrogens (primary N) is 1. The highest BCUT2D eigenvalue weighted by Crippen LogP contribution is 2.00. The van der Waals surface area contributed by atoms with Crippen LogP contribution in [0, 0.1) is 0 Å². The Kier molecular flexibility index (Phi) is 5.86. The highest BCUT2D eigenvalue weighted by Gasteiger charge is 2.23. The van der Waals surface area contributed by atoms with E-state index in [1.165, 1.54) is 13.2 Å². The van der Waals surface area contributed by atoms with E-state index in [1.807, 2.05) is 0 Å². The molecule has 0 aliphatic carbocycles. The van der Waals surface area contributed by atoms with Gasteiger partial charge in [0.2, 0.25) is 10.0 Å². The van der Waals surface area contributed by atoms with Crippen molar-refractivity contribution in [3.63, 3.8) is 0 Å². The summed E-state index contributed by atoms with van der Waals surface area (Å²) in [5.41, 5.74) is 5.24.